The van der Waals surface area contributed by atoms with Crippen LogP contribution in [0.4, 0.5) is 5.69 Å². The maximum absolute atomic E-state index is 10.0. The Balaban J connectivity index is 2.13. The third-order valence-corrected chi connectivity index (χ3v) is 2.66. The topological polar surface area (TPSA) is 55.5 Å². The van der Waals surface area contributed by atoms with E-state index in [1.54, 1.807) is 0 Å². The molecule has 3 heteroatoms. The quantitative estimate of drug-likeness (QED) is 0.697. The first kappa shape index (κ1) is 9.49. The van der Waals surface area contributed by atoms with Crippen molar-refractivity contribution in [3.8, 4) is 0 Å². The molecule has 3 nitrogen and oxygen atoms in total. The molecular formula is C11H15NO2. The SMILES string of the molecule is Nc1cccc(C(O)C2CCOC2)c1. The van der Waals surface area contributed by atoms with Crippen LogP contribution in [0.1, 0.15) is 18.1 Å². The molecule has 1 fully saturated rings. The zero-order valence-electron chi connectivity index (χ0n) is 8.02. The summed E-state index contributed by atoms with van der Waals surface area (Å²) in [7, 11) is 0. The summed E-state index contributed by atoms with van der Waals surface area (Å²) in [5, 5.41) is 10.0. The fourth-order valence-electron chi connectivity index (χ4n) is 1.82. The molecule has 0 saturated carbocycles. The molecule has 0 aliphatic carbocycles. The molecule has 0 aromatic heterocycles. The van der Waals surface area contributed by atoms with Crippen LogP contribution >= 0.6 is 0 Å². The van der Waals surface area contributed by atoms with Gasteiger partial charge in [0.1, 0.15) is 0 Å². The van der Waals surface area contributed by atoms with Gasteiger partial charge in [-0.1, -0.05) is 12.1 Å². The van der Waals surface area contributed by atoms with Gasteiger partial charge < -0.3 is 15.6 Å². The Labute approximate surface area is 83.5 Å². The number of hydrogen-bond donors (Lipinski definition) is 2. The molecule has 2 rings (SSSR count). The van der Waals surface area contributed by atoms with Crippen LogP contribution in [0.5, 0.6) is 0 Å². The van der Waals surface area contributed by atoms with Crippen LogP contribution in [0.3, 0.4) is 0 Å². The number of rotatable bonds is 2. The molecule has 76 valence electrons. The Morgan fingerprint density at radius 3 is 3.00 bits per heavy atom. The summed E-state index contributed by atoms with van der Waals surface area (Å²) in [6, 6.07) is 7.41. The van der Waals surface area contributed by atoms with Crippen molar-refractivity contribution in [3.05, 3.63) is 29.8 Å². The van der Waals surface area contributed by atoms with Crippen molar-refractivity contribution in [1.82, 2.24) is 0 Å². The third kappa shape index (κ3) is 1.89. The number of hydrogen-bond acceptors (Lipinski definition) is 3. The van der Waals surface area contributed by atoms with Crippen LogP contribution in [0, 0.1) is 5.92 Å². The van der Waals surface area contributed by atoms with Gasteiger partial charge in [0.25, 0.3) is 0 Å². The first-order valence-corrected chi connectivity index (χ1v) is 4.88. The van der Waals surface area contributed by atoms with Gasteiger partial charge in [-0.25, -0.2) is 0 Å². The molecule has 0 amide bonds. The Hall–Kier alpha value is -1.06. The largest absolute Gasteiger partial charge is 0.399 e. The Kier molecular flexibility index (Phi) is 2.70. The second-order valence-electron chi connectivity index (χ2n) is 3.74. The summed E-state index contributed by atoms with van der Waals surface area (Å²) in [6.07, 6.45) is 0.483. The molecule has 1 aromatic carbocycles. The fraction of sp³-hybridized carbons (Fsp3) is 0.455. The van der Waals surface area contributed by atoms with Gasteiger partial charge in [-0.15, -0.1) is 0 Å². The van der Waals surface area contributed by atoms with E-state index in [0.29, 0.717) is 12.3 Å². The highest BCUT2D eigenvalue weighted by atomic mass is 16.5. The molecule has 2 unspecified atom stereocenters. The minimum Gasteiger partial charge on any atom is -0.399 e. The number of aliphatic hydroxyl groups is 1. The van der Waals surface area contributed by atoms with Crippen molar-refractivity contribution in [3.63, 3.8) is 0 Å². The normalized spacial score (nSPS) is 23.6. The van der Waals surface area contributed by atoms with Crippen LogP contribution in [0.2, 0.25) is 0 Å². The van der Waals surface area contributed by atoms with Gasteiger partial charge >= 0.3 is 0 Å². The van der Waals surface area contributed by atoms with E-state index in [2.05, 4.69) is 0 Å². The van der Waals surface area contributed by atoms with E-state index in [0.717, 1.165) is 18.6 Å². The first-order chi connectivity index (χ1) is 6.77. The van der Waals surface area contributed by atoms with E-state index in [1.807, 2.05) is 24.3 Å². The van der Waals surface area contributed by atoms with Crippen LogP contribution in [0.15, 0.2) is 24.3 Å². The lowest BCUT2D eigenvalue weighted by molar-refractivity contribution is 0.0918. The van der Waals surface area contributed by atoms with E-state index < -0.39 is 6.10 Å². The summed E-state index contributed by atoms with van der Waals surface area (Å²) in [4.78, 5) is 0. The van der Waals surface area contributed by atoms with Crippen LogP contribution < -0.4 is 5.73 Å². The van der Waals surface area contributed by atoms with Crippen molar-refractivity contribution in [2.24, 2.45) is 5.92 Å². The molecule has 0 radical (unpaired) electrons. The van der Waals surface area contributed by atoms with Crippen molar-refractivity contribution in [1.29, 1.82) is 0 Å². The lowest BCUT2D eigenvalue weighted by atomic mass is 9.95. The maximum atomic E-state index is 10.0. The van der Waals surface area contributed by atoms with E-state index in [-0.39, 0.29) is 5.92 Å². The minimum atomic E-state index is -0.444. The summed E-state index contributed by atoms with van der Waals surface area (Å²) < 4.78 is 5.24. The molecule has 1 aliphatic rings. The van der Waals surface area contributed by atoms with E-state index in [1.165, 1.54) is 0 Å². The zero-order chi connectivity index (χ0) is 9.97. The zero-order valence-corrected chi connectivity index (χ0v) is 8.02. The number of benzene rings is 1. The molecule has 0 bridgehead atoms. The van der Waals surface area contributed by atoms with Gasteiger partial charge in [-0.2, -0.15) is 0 Å². The molecule has 1 aromatic rings. The molecule has 3 N–H and O–H groups in total. The molecule has 2 atom stereocenters. The highest BCUT2D eigenvalue weighted by Gasteiger charge is 2.25. The Bertz CT molecular complexity index is 308. The molecule has 1 aliphatic heterocycles. The molecule has 1 heterocycles. The Morgan fingerprint density at radius 2 is 2.36 bits per heavy atom. The van der Waals surface area contributed by atoms with Crippen molar-refractivity contribution >= 4 is 5.69 Å². The summed E-state index contributed by atoms with van der Waals surface area (Å²) >= 11 is 0. The van der Waals surface area contributed by atoms with Gasteiger partial charge in [-0.3, -0.25) is 0 Å². The molecule has 0 spiro atoms. The van der Waals surface area contributed by atoms with Crippen LogP contribution in [0.25, 0.3) is 0 Å². The predicted octanol–water partition coefficient (Wildman–Crippen LogP) is 1.34. The number of aliphatic hydroxyl groups excluding tert-OH is 1. The van der Waals surface area contributed by atoms with Crippen LogP contribution in [-0.2, 0) is 4.74 Å². The van der Waals surface area contributed by atoms with Gasteiger partial charge in [0.15, 0.2) is 0 Å². The average molecular weight is 193 g/mol. The first-order valence-electron chi connectivity index (χ1n) is 4.88. The number of anilines is 1. The van der Waals surface area contributed by atoms with Gasteiger partial charge in [0, 0.05) is 18.2 Å². The standard InChI is InChI=1S/C11H15NO2/c12-10-3-1-2-8(6-10)11(13)9-4-5-14-7-9/h1-3,6,9,11,13H,4-5,7,12H2. The predicted molar refractivity (Wildman–Crippen MR) is 54.7 cm³/mol. The lowest BCUT2D eigenvalue weighted by Gasteiger charge is -2.16. The van der Waals surface area contributed by atoms with Crippen molar-refractivity contribution in [2.45, 2.75) is 12.5 Å². The Morgan fingerprint density at radius 1 is 1.50 bits per heavy atom. The second kappa shape index (κ2) is 3.98. The smallest absolute Gasteiger partial charge is 0.0841 e. The summed E-state index contributed by atoms with van der Waals surface area (Å²) in [5.74, 6) is 0.219. The highest BCUT2D eigenvalue weighted by Crippen LogP contribution is 2.29. The third-order valence-electron chi connectivity index (χ3n) is 2.66. The van der Waals surface area contributed by atoms with Crippen molar-refractivity contribution < 1.29 is 9.84 Å². The molecule has 1 saturated heterocycles. The van der Waals surface area contributed by atoms with Gasteiger partial charge in [0.05, 0.1) is 12.7 Å². The fourth-order valence-corrected chi connectivity index (χ4v) is 1.82. The van der Waals surface area contributed by atoms with E-state index in [9.17, 15) is 5.11 Å². The second-order valence-corrected chi connectivity index (χ2v) is 3.74. The highest BCUT2D eigenvalue weighted by molar-refractivity contribution is 5.41. The molecular weight excluding hydrogens is 178 g/mol. The monoisotopic (exact) mass is 193 g/mol. The maximum Gasteiger partial charge on any atom is 0.0841 e. The minimum absolute atomic E-state index is 0.219. The number of nitrogen functional groups attached to an aromatic ring is 1. The van der Waals surface area contributed by atoms with Crippen molar-refractivity contribution in [2.75, 3.05) is 18.9 Å². The van der Waals surface area contributed by atoms with Gasteiger partial charge in [-0.05, 0) is 24.1 Å². The molecule has 14 heavy (non-hydrogen) atoms. The van der Waals surface area contributed by atoms with E-state index in [4.69, 9.17) is 10.5 Å². The summed E-state index contributed by atoms with van der Waals surface area (Å²) in [6.45, 7) is 1.40. The summed E-state index contributed by atoms with van der Waals surface area (Å²) in [5.41, 5.74) is 7.24. The van der Waals surface area contributed by atoms with Gasteiger partial charge in [0.2, 0.25) is 0 Å². The number of nitrogens with two attached hydrogens (primary N) is 1. The van der Waals surface area contributed by atoms with E-state index >= 15 is 0 Å². The lowest BCUT2D eigenvalue weighted by Crippen LogP contribution is -2.12. The number of ether oxygens (including phenoxy) is 1. The van der Waals surface area contributed by atoms with Crippen LogP contribution in [-0.4, -0.2) is 18.3 Å². The average Bonchev–Trinajstić information content (AvgIpc) is 2.69.